The highest BCUT2D eigenvalue weighted by atomic mass is 32.3. The van der Waals surface area contributed by atoms with Crippen LogP contribution in [0.25, 0.3) is 4.13 Å². The highest BCUT2D eigenvalue weighted by Crippen LogP contribution is 2.36. The van der Waals surface area contributed by atoms with Gasteiger partial charge in [0.05, 0.1) is 14.1 Å². The molecular weight excluding hydrogens is 368 g/mol. The van der Waals surface area contributed by atoms with Crippen LogP contribution in [-0.2, 0) is 34.1 Å². The van der Waals surface area contributed by atoms with E-state index >= 15 is 0 Å². The Morgan fingerprint density at radius 1 is 0.955 bits per heavy atom. The molecule has 0 saturated carbocycles. The van der Waals surface area contributed by atoms with Gasteiger partial charge in [0.2, 0.25) is 6.33 Å². The molecule has 130 valence electrons. The number of alkyl halides is 6. The number of aryl methyl sites for hydroxylation is 2. The standard InChI is InChI=1S/C5H9N2.C2F6NO4S2/c1-6-3-4-7(2)5-6;3-1(4,5)14(10,11)9-15(12,13)2(6,7)8/h3-5H,1-2H3;/q+1;-1. The number of rotatable bonds is 2. The summed E-state index contributed by atoms with van der Waals surface area (Å²) in [6.07, 6.45) is 6.00. The average Bonchev–Trinajstić information content (AvgIpc) is 2.58. The normalized spacial score (nSPS) is 13.5. The summed E-state index contributed by atoms with van der Waals surface area (Å²) in [5.74, 6) is 0. The van der Waals surface area contributed by atoms with Crippen LogP contribution >= 0.6 is 0 Å². The van der Waals surface area contributed by atoms with Crippen molar-refractivity contribution in [3.63, 3.8) is 0 Å². The molecule has 1 rings (SSSR count). The van der Waals surface area contributed by atoms with Crippen molar-refractivity contribution in [1.29, 1.82) is 0 Å². The second kappa shape index (κ2) is 6.41. The third-order valence-corrected chi connectivity index (χ3v) is 4.42. The number of halogens is 6. The Balaban J connectivity index is 0.000000518. The summed E-state index contributed by atoms with van der Waals surface area (Å²) in [7, 11) is -9.44. The van der Waals surface area contributed by atoms with Gasteiger partial charge in [-0.3, -0.25) is 0 Å². The number of hydrogen-bond donors (Lipinski definition) is 0. The molecule has 0 aliphatic rings. The summed E-state index contributed by atoms with van der Waals surface area (Å²) in [6, 6.07) is 0. The van der Waals surface area contributed by atoms with Crippen LogP contribution < -0.4 is 4.57 Å². The van der Waals surface area contributed by atoms with Crippen LogP contribution in [0.2, 0.25) is 0 Å². The van der Waals surface area contributed by atoms with E-state index in [1.807, 2.05) is 42.0 Å². The fraction of sp³-hybridized carbons (Fsp3) is 0.571. The van der Waals surface area contributed by atoms with Gasteiger partial charge in [-0.2, -0.15) is 26.3 Å². The highest BCUT2D eigenvalue weighted by molar-refractivity contribution is 8.13. The molecule has 0 bridgehead atoms. The molecule has 7 nitrogen and oxygen atoms in total. The zero-order chi connectivity index (χ0) is 18.0. The monoisotopic (exact) mass is 377 g/mol. The van der Waals surface area contributed by atoms with E-state index in [-0.39, 0.29) is 0 Å². The molecule has 0 amide bonds. The van der Waals surface area contributed by atoms with Crippen LogP contribution in [0.4, 0.5) is 26.3 Å². The Kier molecular flexibility index (Phi) is 6.02. The molecule has 0 atom stereocenters. The second-order valence-electron chi connectivity index (χ2n) is 3.66. The molecular formula is C7H9F6N3O4S2. The van der Waals surface area contributed by atoms with Gasteiger partial charge in [-0.15, -0.1) is 0 Å². The summed E-state index contributed by atoms with van der Waals surface area (Å²) in [6.45, 7) is 0. The minimum absolute atomic E-state index is 0.778. The molecule has 0 aliphatic heterocycles. The van der Waals surface area contributed by atoms with E-state index in [4.69, 9.17) is 0 Å². The van der Waals surface area contributed by atoms with Gasteiger partial charge in [0.15, 0.2) is 20.0 Å². The van der Waals surface area contributed by atoms with E-state index in [1.165, 1.54) is 0 Å². The molecule has 0 radical (unpaired) electrons. The molecule has 0 saturated heterocycles. The summed E-state index contributed by atoms with van der Waals surface area (Å²) in [4.78, 5) is 0. The Hall–Kier alpha value is -1.35. The molecule has 0 unspecified atom stereocenters. The van der Waals surface area contributed by atoms with Crippen molar-refractivity contribution < 1.29 is 47.7 Å². The van der Waals surface area contributed by atoms with Gasteiger partial charge < -0.3 is 4.13 Å². The fourth-order valence-electron chi connectivity index (χ4n) is 0.788. The fourth-order valence-corrected chi connectivity index (χ4v) is 2.50. The first-order valence-electron chi connectivity index (χ1n) is 4.83. The predicted molar refractivity (Wildman–Crippen MR) is 59.9 cm³/mol. The van der Waals surface area contributed by atoms with E-state index in [9.17, 15) is 43.2 Å². The van der Waals surface area contributed by atoms with Crippen LogP contribution in [0, 0.1) is 0 Å². The quantitative estimate of drug-likeness (QED) is 0.566. The lowest BCUT2D eigenvalue weighted by Gasteiger charge is -2.22. The van der Waals surface area contributed by atoms with Crippen LogP contribution in [0.15, 0.2) is 18.7 Å². The van der Waals surface area contributed by atoms with Crippen molar-refractivity contribution in [2.24, 2.45) is 14.1 Å². The van der Waals surface area contributed by atoms with Gasteiger partial charge in [0, 0.05) is 0 Å². The van der Waals surface area contributed by atoms with E-state index < -0.39 is 31.1 Å². The van der Waals surface area contributed by atoms with Gasteiger partial charge in [0.1, 0.15) is 12.4 Å². The summed E-state index contributed by atoms with van der Waals surface area (Å²) >= 11 is 0. The first-order valence-corrected chi connectivity index (χ1v) is 7.71. The number of nitrogens with zero attached hydrogens (tertiary/aromatic N) is 3. The molecule has 15 heteroatoms. The minimum Gasteiger partial charge on any atom is -0.421 e. The topological polar surface area (TPSA) is 91.2 Å². The Bertz CT molecular complexity index is 645. The number of hydrogen-bond acceptors (Lipinski definition) is 4. The van der Waals surface area contributed by atoms with Crippen molar-refractivity contribution in [1.82, 2.24) is 4.57 Å². The van der Waals surface area contributed by atoms with Gasteiger partial charge in [-0.1, -0.05) is 0 Å². The molecule has 0 aliphatic carbocycles. The van der Waals surface area contributed by atoms with Crippen molar-refractivity contribution in [3.05, 3.63) is 22.8 Å². The van der Waals surface area contributed by atoms with Gasteiger partial charge in [-0.05, 0) is 0 Å². The smallest absolute Gasteiger partial charge is 0.421 e. The van der Waals surface area contributed by atoms with Crippen molar-refractivity contribution in [3.8, 4) is 0 Å². The number of imidazole rings is 1. The molecule has 0 N–H and O–H groups in total. The maximum Gasteiger partial charge on any atom is 0.480 e. The highest BCUT2D eigenvalue weighted by Gasteiger charge is 2.46. The minimum atomic E-state index is -6.72. The molecule has 0 spiro atoms. The van der Waals surface area contributed by atoms with Gasteiger partial charge >= 0.3 is 11.0 Å². The maximum absolute atomic E-state index is 11.4. The Morgan fingerprint density at radius 2 is 1.32 bits per heavy atom. The lowest BCUT2D eigenvalue weighted by atomic mass is 10.9. The molecule has 1 aromatic rings. The summed E-state index contributed by atoms with van der Waals surface area (Å²) in [5, 5.41) is 0. The molecule has 0 aromatic carbocycles. The average molecular weight is 377 g/mol. The van der Waals surface area contributed by atoms with Crippen LogP contribution in [0.5, 0.6) is 0 Å². The van der Waals surface area contributed by atoms with E-state index in [0.29, 0.717) is 0 Å². The molecule has 1 aromatic heterocycles. The number of aromatic nitrogens is 2. The predicted octanol–water partition coefficient (Wildman–Crippen LogP) is 0.909. The Labute approximate surface area is 121 Å². The van der Waals surface area contributed by atoms with Crippen molar-refractivity contribution in [2.75, 3.05) is 0 Å². The first-order chi connectivity index (χ1) is 9.49. The molecule has 1 heterocycles. The third-order valence-electron chi connectivity index (χ3n) is 1.68. The third kappa shape index (κ3) is 5.80. The van der Waals surface area contributed by atoms with Gasteiger partial charge in [0.25, 0.3) is 0 Å². The SMILES string of the molecule is Cn1cc[n+](C)c1.O=S(=O)([N-]S(=O)(=O)C(F)(F)F)C(F)(F)F. The lowest BCUT2D eigenvalue weighted by Crippen LogP contribution is -2.30. The maximum atomic E-state index is 11.4. The first kappa shape index (κ1) is 20.6. The summed E-state index contributed by atoms with van der Waals surface area (Å²) < 4.78 is 113. The van der Waals surface area contributed by atoms with Gasteiger partial charge in [-0.25, -0.2) is 26.0 Å². The van der Waals surface area contributed by atoms with Crippen LogP contribution in [0.1, 0.15) is 0 Å². The van der Waals surface area contributed by atoms with Crippen molar-refractivity contribution >= 4 is 20.0 Å². The van der Waals surface area contributed by atoms with E-state index in [0.717, 1.165) is 4.13 Å². The zero-order valence-electron chi connectivity index (χ0n) is 10.8. The summed E-state index contributed by atoms with van der Waals surface area (Å²) in [5.41, 5.74) is -12.4. The van der Waals surface area contributed by atoms with Crippen LogP contribution in [0.3, 0.4) is 0 Å². The lowest BCUT2D eigenvalue weighted by molar-refractivity contribution is -0.670. The van der Waals surface area contributed by atoms with E-state index in [1.54, 1.807) is 0 Å². The molecule has 0 fully saturated rings. The largest absolute Gasteiger partial charge is 0.480 e. The molecule has 22 heavy (non-hydrogen) atoms. The Morgan fingerprint density at radius 3 is 1.45 bits per heavy atom. The van der Waals surface area contributed by atoms with Crippen LogP contribution in [-0.4, -0.2) is 32.4 Å². The zero-order valence-corrected chi connectivity index (χ0v) is 12.4. The second-order valence-corrected chi connectivity index (χ2v) is 7.08. The number of sulfonamides is 2. The van der Waals surface area contributed by atoms with Crippen molar-refractivity contribution in [2.45, 2.75) is 11.0 Å². The van der Waals surface area contributed by atoms with E-state index in [2.05, 4.69) is 0 Å².